The number of carbonyl (C=O) groups excluding carboxylic acids is 1. The molecule has 134 valence electrons. The first kappa shape index (κ1) is 17.7. The van der Waals surface area contributed by atoms with Crippen molar-refractivity contribution in [3.05, 3.63) is 11.6 Å². The van der Waals surface area contributed by atoms with Gasteiger partial charge < -0.3 is 10.2 Å². The summed E-state index contributed by atoms with van der Waals surface area (Å²) in [6, 6.07) is 0. The molecule has 3 aliphatic rings. The first-order valence-electron chi connectivity index (χ1n) is 9.26. The monoisotopic (exact) mass is 334 g/mol. The predicted molar refractivity (Wildman–Crippen MR) is 91.4 cm³/mol. The van der Waals surface area contributed by atoms with Crippen molar-refractivity contribution in [1.29, 1.82) is 0 Å². The Bertz CT molecular complexity index is 607. The number of aliphatic carboxylic acids is 1. The molecule has 0 heterocycles. The van der Waals surface area contributed by atoms with Crippen molar-refractivity contribution < 1.29 is 19.8 Å². The van der Waals surface area contributed by atoms with Gasteiger partial charge in [-0.25, -0.2) is 0 Å². The fourth-order valence-corrected chi connectivity index (χ4v) is 5.74. The molecule has 0 saturated heterocycles. The molecule has 2 N–H and O–H groups in total. The van der Waals surface area contributed by atoms with Gasteiger partial charge in [-0.15, -0.1) is 0 Å². The number of hydrogen-bond acceptors (Lipinski definition) is 3. The summed E-state index contributed by atoms with van der Waals surface area (Å²) >= 11 is 0. The van der Waals surface area contributed by atoms with Crippen LogP contribution >= 0.6 is 0 Å². The Morgan fingerprint density at radius 1 is 1.25 bits per heavy atom. The van der Waals surface area contributed by atoms with Gasteiger partial charge in [0.1, 0.15) is 0 Å². The Kier molecular flexibility index (Phi) is 3.99. The third kappa shape index (κ3) is 2.29. The largest absolute Gasteiger partial charge is 0.481 e. The Morgan fingerprint density at radius 2 is 1.92 bits per heavy atom. The van der Waals surface area contributed by atoms with E-state index in [0.29, 0.717) is 19.3 Å². The van der Waals surface area contributed by atoms with Crippen LogP contribution in [0.4, 0.5) is 0 Å². The third-order valence-electron chi connectivity index (χ3n) is 7.59. The van der Waals surface area contributed by atoms with Gasteiger partial charge in [0.2, 0.25) is 0 Å². The van der Waals surface area contributed by atoms with E-state index in [0.717, 1.165) is 24.8 Å². The lowest BCUT2D eigenvalue weighted by Crippen LogP contribution is -2.57. The average Bonchev–Trinajstić information content (AvgIpc) is 2.49. The molecule has 0 aromatic rings. The van der Waals surface area contributed by atoms with Gasteiger partial charge in [0.15, 0.2) is 5.78 Å². The van der Waals surface area contributed by atoms with Gasteiger partial charge in [-0.05, 0) is 67.4 Å². The summed E-state index contributed by atoms with van der Waals surface area (Å²) in [4.78, 5) is 24.8. The molecule has 2 saturated carbocycles. The highest BCUT2D eigenvalue weighted by atomic mass is 16.4. The Balaban J connectivity index is 2.05. The summed E-state index contributed by atoms with van der Waals surface area (Å²) in [7, 11) is 0. The smallest absolute Gasteiger partial charge is 0.309 e. The minimum absolute atomic E-state index is 0.0515. The molecular weight excluding hydrogens is 304 g/mol. The number of Topliss-reactive ketones (excluding diaryl/α,β-unsaturated/α-hetero) is 1. The van der Waals surface area contributed by atoms with Crippen LogP contribution in [0.5, 0.6) is 0 Å². The van der Waals surface area contributed by atoms with E-state index in [2.05, 4.69) is 6.92 Å². The van der Waals surface area contributed by atoms with Crippen molar-refractivity contribution in [2.75, 3.05) is 0 Å². The minimum atomic E-state index is -0.907. The van der Waals surface area contributed by atoms with E-state index >= 15 is 0 Å². The topological polar surface area (TPSA) is 74.6 Å². The number of carbonyl (C=O) groups is 2. The van der Waals surface area contributed by atoms with Gasteiger partial charge in [-0.3, -0.25) is 9.59 Å². The Hall–Kier alpha value is -1.16. The van der Waals surface area contributed by atoms with Crippen LogP contribution in [-0.4, -0.2) is 27.6 Å². The molecule has 3 rings (SSSR count). The second-order valence-electron chi connectivity index (χ2n) is 9.10. The number of carboxylic acids is 1. The molecule has 0 radical (unpaired) electrons. The molecule has 2 fully saturated rings. The van der Waals surface area contributed by atoms with E-state index in [1.165, 1.54) is 0 Å². The van der Waals surface area contributed by atoms with Crippen molar-refractivity contribution >= 4 is 11.8 Å². The number of carboxylic acid groups (broad SMARTS) is 1. The van der Waals surface area contributed by atoms with Crippen molar-refractivity contribution in [3.8, 4) is 0 Å². The van der Waals surface area contributed by atoms with Gasteiger partial charge >= 0.3 is 5.97 Å². The summed E-state index contributed by atoms with van der Waals surface area (Å²) in [6.07, 6.45) is 6.06. The Morgan fingerprint density at radius 3 is 2.50 bits per heavy atom. The maximum absolute atomic E-state index is 12.9. The summed E-state index contributed by atoms with van der Waals surface area (Å²) < 4.78 is 0. The van der Waals surface area contributed by atoms with Gasteiger partial charge in [-0.1, -0.05) is 27.2 Å². The van der Waals surface area contributed by atoms with E-state index in [4.69, 9.17) is 0 Å². The van der Waals surface area contributed by atoms with E-state index in [1.807, 2.05) is 26.8 Å². The van der Waals surface area contributed by atoms with Crippen LogP contribution in [0, 0.1) is 28.6 Å². The van der Waals surface area contributed by atoms with Crippen LogP contribution in [-0.2, 0) is 9.59 Å². The van der Waals surface area contributed by atoms with Gasteiger partial charge in [-0.2, -0.15) is 0 Å². The molecule has 0 aromatic heterocycles. The number of rotatable bonds is 2. The first-order chi connectivity index (χ1) is 11.0. The lowest BCUT2D eigenvalue weighted by Gasteiger charge is -2.58. The number of ketones is 1. The normalized spacial score (nSPS) is 45.4. The number of hydrogen-bond donors (Lipinski definition) is 2. The van der Waals surface area contributed by atoms with E-state index < -0.39 is 17.0 Å². The van der Waals surface area contributed by atoms with Crippen molar-refractivity contribution in [3.63, 3.8) is 0 Å². The second kappa shape index (κ2) is 5.42. The van der Waals surface area contributed by atoms with Crippen LogP contribution in [0.3, 0.4) is 0 Å². The van der Waals surface area contributed by atoms with Crippen molar-refractivity contribution in [2.45, 2.75) is 71.8 Å². The molecule has 24 heavy (non-hydrogen) atoms. The zero-order valence-electron chi connectivity index (χ0n) is 15.3. The fourth-order valence-electron chi connectivity index (χ4n) is 5.74. The van der Waals surface area contributed by atoms with Gasteiger partial charge in [0.05, 0.1) is 11.0 Å². The summed E-state index contributed by atoms with van der Waals surface area (Å²) in [5.74, 6) is -0.679. The fraction of sp³-hybridized carbons (Fsp3) is 0.800. The van der Waals surface area contributed by atoms with Gasteiger partial charge in [0.25, 0.3) is 0 Å². The molecule has 5 atom stereocenters. The number of allylic oxidation sites excluding steroid dienone is 1. The molecule has 0 spiro atoms. The average molecular weight is 334 g/mol. The Labute approximate surface area is 144 Å². The highest BCUT2D eigenvalue weighted by molar-refractivity contribution is 5.98. The molecule has 0 amide bonds. The van der Waals surface area contributed by atoms with E-state index in [-0.39, 0.29) is 29.0 Å². The summed E-state index contributed by atoms with van der Waals surface area (Å²) in [6.45, 7) is 7.98. The molecule has 4 nitrogen and oxygen atoms in total. The highest BCUT2D eigenvalue weighted by Gasteiger charge is 2.60. The van der Waals surface area contributed by atoms with Gasteiger partial charge in [0, 0.05) is 6.42 Å². The van der Waals surface area contributed by atoms with Crippen LogP contribution in [0.2, 0.25) is 0 Å². The number of fused-ring (bicyclic) bond motifs is 3. The summed E-state index contributed by atoms with van der Waals surface area (Å²) in [5, 5.41) is 20.7. The van der Waals surface area contributed by atoms with E-state index in [9.17, 15) is 19.8 Å². The van der Waals surface area contributed by atoms with Crippen LogP contribution in [0.25, 0.3) is 0 Å². The number of aliphatic hydroxyl groups is 1. The molecule has 0 unspecified atom stereocenters. The first-order valence-corrected chi connectivity index (χ1v) is 9.26. The molecular formula is C20H30O4. The lowest BCUT2D eigenvalue weighted by molar-refractivity contribution is -0.166. The third-order valence-corrected chi connectivity index (χ3v) is 7.59. The standard InChI is InChI=1S/C20H30O4/c1-12(2)20(24)9-6-14-13(11-20)15(21)10-16-18(14,3)7-5-8-19(16,4)17(22)23/h11-12,14,16,24H,5-10H2,1-4H3,(H,22,23)/t14-,16+,18-,19-,20-/m1/s1. The van der Waals surface area contributed by atoms with Crippen LogP contribution < -0.4 is 0 Å². The zero-order chi connectivity index (χ0) is 17.9. The van der Waals surface area contributed by atoms with Crippen LogP contribution in [0.1, 0.15) is 66.2 Å². The summed E-state index contributed by atoms with van der Waals surface area (Å²) in [5.41, 5.74) is -1.12. The maximum Gasteiger partial charge on any atom is 0.309 e. The lowest BCUT2D eigenvalue weighted by atomic mass is 9.45. The maximum atomic E-state index is 12.9. The van der Waals surface area contributed by atoms with Crippen LogP contribution in [0.15, 0.2) is 11.6 Å². The molecule has 4 heteroatoms. The quantitative estimate of drug-likeness (QED) is 0.809. The molecule has 0 bridgehead atoms. The predicted octanol–water partition coefficient (Wildman–Crippen LogP) is 3.58. The van der Waals surface area contributed by atoms with E-state index in [1.54, 1.807) is 0 Å². The van der Waals surface area contributed by atoms with Crippen molar-refractivity contribution in [1.82, 2.24) is 0 Å². The van der Waals surface area contributed by atoms with Crippen molar-refractivity contribution in [2.24, 2.45) is 28.6 Å². The molecule has 0 aliphatic heterocycles. The minimum Gasteiger partial charge on any atom is -0.481 e. The second-order valence-corrected chi connectivity index (χ2v) is 9.10. The SMILES string of the molecule is CC(C)[C@]1(O)C=C2C(=O)C[C@H]3[C@](C)(CCC[C@@]3(C)C(=O)O)[C@@H]2CC1. The molecule has 3 aliphatic carbocycles. The molecule has 0 aromatic carbocycles. The highest BCUT2D eigenvalue weighted by Crippen LogP contribution is 2.62. The zero-order valence-corrected chi connectivity index (χ0v) is 15.3.